The van der Waals surface area contributed by atoms with E-state index in [1.807, 2.05) is 47.2 Å². The second kappa shape index (κ2) is 14.5. The molecule has 0 aliphatic heterocycles. The van der Waals surface area contributed by atoms with Crippen molar-refractivity contribution in [3.8, 4) is 0 Å². The molecule has 0 N–H and O–H groups in total. The second-order valence-electron chi connectivity index (χ2n) is 10.2. The number of carbonyl (C=O) groups is 1. The summed E-state index contributed by atoms with van der Waals surface area (Å²) in [6.45, 7) is 0.308. The monoisotopic (exact) mass is 636 g/mol. The van der Waals surface area contributed by atoms with Gasteiger partial charge in [0.05, 0.1) is 29.5 Å². The topological polar surface area (TPSA) is 115 Å². The molecule has 1 heterocycles. The van der Waals surface area contributed by atoms with E-state index in [4.69, 9.17) is 27.9 Å². The Labute approximate surface area is 256 Å². The fraction of sp³-hybridized carbons (Fsp3) is 0.414. The number of sulfonamides is 1. The molecule has 42 heavy (non-hydrogen) atoms. The highest BCUT2D eigenvalue weighted by molar-refractivity contribution is 7.89. The van der Waals surface area contributed by atoms with E-state index in [-0.39, 0.29) is 35.0 Å². The van der Waals surface area contributed by atoms with Gasteiger partial charge in [-0.05, 0) is 48.7 Å². The van der Waals surface area contributed by atoms with Crippen LogP contribution in [0.1, 0.15) is 43.4 Å². The molecule has 3 aromatic rings. The van der Waals surface area contributed by atoms with Gasteiger partial charge in [-0.25, -0.2) is 8.42 Å². The van der Waals surface area contributed by atoms with Crippen LogP contribution in [0.2, 0.25) is 10.0 Å². The molecule has 0 bridgehead atoms. The molecule has 1 aliphatic carbocycles. The first-order chi connectivity index (χ1) is 20.1. The molecule has 10 nitrogen and oxygen atoms in total. The standard InChI is InChI=1S/C29H34Cl2N4O6S/c1-41-17-16-33(42(39,40)25-13-14-27(31)28(18-25)35(37)38)21-29(36)34(23-9-3-2-4-10-23)20-24-11-7-15-32(24)19-22-8-5-6-12-26(22)30/h5-8,11-15,18,23H,2-4,9-10,16-17,19-21H2,1H3. The molecule has 1 aromatic heterocycles. The third-order valence-electron chi connectivity index (χ3n) is 7.50. The van der Waals surface area contributed by atoms with E-state index in [2.05, 4.69) is 0 Å². The van der Waals surface area contributed by atoms with Crippen molar-refractivity contribution in [3.63, 3.8) is 0 Å². The van der Waals surface area contributed by atoms with Gasteiger partial charge in [0.2, 0.25) is 15.9 Å². The van der Waals surface area contributed by atoms with Gasteiger partial charge >= 0.3 is 0 Å². The predicted octanol–water partition coefficient (Wildman–Crippen LogP) is 5.75. The van der Waals surface area contributed by atoms with Crippen LogP contribution < -0.4 is 0 Å². The van der Waals surface area contributed by atoms with Gasteiger partial charge in [-0.1, -0.05) is 60.7 Å². The predicted molar refractivity (Wildman–Crippen MR) is 161 cm³/mol. The maximum absolute atomic E-state index is 14.0. The molecule has 1 fully saturated rings. The summed E-state index contributed by atoms with van der Waals surface area (Å²) in [5, 5.41) is 11.9. The van der Waals surface area contributed by atoms with E-state index in [0.717, 1.165) is 53.7 Å². The van der Waals surface area contributed by atoms with Crippen LogP contribution in [0.4, 0.5) is 5.69 Å². The van der Waals surface area contributed by atoms with Crippen molar-refractivity contribution in [1.29, 1.82) is 0 Å². The fourth-order valence-corrected chi connectivity index (χ4v) is 6.98. The van der Waals surface area contributed by atoms with Crippen molar-refractivity contribution in [1.82, 2.24) is 13.8 Å². The molecule has 1 aliphatic rings. The Balaban J connectivity index is 1.62. The molecule has 0 atom stereocenters. The third-order valence-corrected chi connectivity index (χ3v) is 10.0. The number of ether oxygens (including phenoxy) is 1. The molecular weight excluding hydrogens is 603 g/mol. The SMILES string of the molecule is COCCN(CC(=O)N(Cc1cccn1Cc1ccccc1Cl)C1CCCCC1)S(=O)(=O)c1ccc(Cl)c([N+](=O)[O-])c1. The van der Waals surface area contributed by atoms with Gasteiger partial charge in [-0.15, -0.1) is 0 Å². The van der Waals surface area contributed by atoms with E-state index >= 15 is 0 Å². The van der Waals surface area contributed by atoms with Crippen LogP contribution in [0.15, 0.2) is 65.7 Å². The van der Waals surface area contributed by atoms with Crippen LogP contribution in [-0.2, 0) is 32.6 Å². The number of rotatable bonds is 13. The maximum Gasteiger partial charge on any atom is 0.289 e. The molecule has 13 heteroatoms. The number of nitro groups is 1. The van der Waals surface area contributed by atoms with Crippen LogP contribution in [0.3, 0.4) is 0 Å². The summed E-state index contributed by atoms with van der Waals surface area (Å²) in [5.74, 6) is -0.351. The number of methoxy groups -OCH3 is 1. The average Bonchev–Trinajstić information content (AvgIpc) is 3.41. The normalized spacial score (nSPS) is 14.3. The van der Waals surface area contributed by atoms with Crippen molar-refractivity contribution in [3.05, 3.63) is 92.2 Å². The summed E-state index contributed by atoms with van der Waals surface area (Å²) in [5.41, 5.74) is 1.31. The minimum absolute atomic E-state index is 0.0340. The molecule has 0 radical (unpaired) electrons. The first kappa shape index (κ1) is 32.0. The van der Waals surface area contributed by atoms with Crippen molar-refractivity contribution < 1.29 is 22.9 Å². The zero-order valence-electron chi connectivity index (χ0n) is 23.3. The molecule has 0 spiro atoms. The summed E-state index contributed by atoms with van der Waals surface area (Å²) >= 11 is 12.3. The van der Waals surface area contributed by atoms with E-state index < -0.39 is 27.2 Å². The van der Waals surface area contributed by atoms with Crippen LogP contribution in [0.5, 0.6) is 0 Å². The molecule has 0 unspecified atom stereocenters. The van der Waals surface area contributed by atoms with Gasteiger partial charge in [0.1, 0.15) is 5.02 Å². The Morgan fingerprint density at radius 2 is 1.81 bits per heavy atom. The van der Waals surface area contributed by atoms with Crippen LogP contribution in [0, 0.1) is 10.1 Å². The lowest BCUT2D eigenvalue weighted by Gasteiger charge is -2.36. The van der Waals surface area contributed by atoms with Gasteiger partial charge in [0.25, 0.3) is 5.69 Å². The molecular formula is C29H34Cl2N4O6S. The number of hydrogen-bond donors (Lipinski definition) is 0. The summed E-state index contributed by atoms with van der Waals surface area (Å²) in [4.78, 5) is 26.1. The first-order valence-electron chi connectivity index (χ1n) is 13.7. The lowest BCUT2D eigenvalue weighted by molar-refractivity contribution is -0.384. The highest BCUT2D eigenvalue weighted by Gasteiger charge is 2.33. The van der Waals surface area contributed by atoms with Crippen LogP contribution in [0.25, 0.3) is 0 Å². The molecule has 2 aromatic carbocycles. The first-order valence-corrected chi connectivity index (χ1v) is 15.9. The van der Waals surface area contributed by atoms with Crippen LogP contribution in [-0.4, -0.2) is 65.9 Å². The Hall–Kier alpha value is -2.96. The smallest absolute Gasteiger partial charge is 0.289 e. The second-order valence-corrected chi connectivity index (χ2v) is 13.0. The summed E-state index contributed by atoms with van der Waals surface area (Å²) in [7, 11) is -2.87. The largest absolute Gasteiger partial charge is 0.383 e. The van der Waals surface area contributed by atoms with E-state index in [0.29, 0.717) is 18.1 Å². The van der Waals surface area contributed by atoms with E-state index in [1.165, 1.54) is 19.2 Å². The van der Waals surface area contributed by atoms with Gasteiger partial charge in [0, 0.05) is 49.2 Å². The molecule has 1 saturated carbocycles. The summed E-state index contributed by atoms with van der Waals surface area (Å²) in [6, 6.07) is 14.7. The number of carbonyl (C=O) groups excluding carboxylic acids is 1. The number of aromatic nitrogens is 1. The Morgan fingerprint density at radius 1 is 1.07 bits per heavy atom. The fourth-order valence-electron chi connectivity index (χ4n) is 5.21. The zero-order valence-corrected chi connectivity index (χ0v) is 25.7. The van der Waals surface area contributed by atoms with Crippen LogP contribution >= 0.6 is 23.2 Å². The van der Waals surface area contributed by atoms with Crippen molar-refractivity contribution in [2.45, 2.75) is 56.1 Å². The molecule has 1 amide bonds. The number of nitrogens with zero attached hydrogens (tertiary/aromatic N) is 4. The van der Waals surface area contributed by atoms with Gasteiger partial charge in [-0.3, -0.25) is 14.9 Å². The lowest BCUT2D eigenvalue weighted by atomic mass is 9.94. The number of halogens is 2. The average molecular weight is 638 g/mol. The van der Waals surface area contributed by atoms with Crippen molar-refractivity contribution >= 4 is 44.8 Å². The number of benzene rings is 2. The number of hydrogen-bond acceptors (Lipinski definition) is 6. The minimum atomic E-state index is -4.30. The number of nitro benzene ring substituents is 1. The Morgan fingerprint density at radius 3 is 2.50 bits per heavy atom. The summed E-state index contributed by atoms with van der Waals surface area (Å²) < 4.78 is 35.6. The maximum atomic E-state index is 14.0. The van der Waals surface area contributed by atoms with Gasteiger partial charge in [0.15, 0.2) is 0 Å². The minimum Gasteiger partial charge on any atom is -0.383 e. The van der Waals surface area contributed by atoms with Crippen molar-refractivity contribution in [2.75, 3.05) is 26.8 Å². The third kappa shape index (κ3) is 7.70. The van der Waals surface area contributed by atoms with E-state index in [1.54, 1.807) is 4.90 Å². The summed E-state index contributed by atoms with van der Waals surface area (Å²) in [6.07, 6.45) is 6.64. The molecule has 226 valence electrons. The van der Waals surface area contributed by atoms with E-state index in [9.17, 15) is 23.3 Å². The van der Waals surface area contributed by atoms with Gasteiger partial charge < -0.3 is 14.2 Å². The number of amides is 1. The highest BCUT2D eigenvalue weighted by Crippen LogP contribution is 2.30. The van der Waals surface area contributed by atoms with Crippen molar-refractivity contribution in [2.24, 2.45) is 0 Å². The Kier molecular flexibility index (Phi) is 11.0. The van der Waals surface area contributed by atoms with Gasteiger partial charge in [-0.2, -0.15) is 4.31 Å². The quantitative estimate of drug-likeness (QED) is 0.174. The molecule has 0 saturated heterocycles. The highest BCUT2D eigenvalue weighted by atomic mass is 35.5. The zero-order chi connectivity index (χ0) is 30.3. The molecule has 4 rings (SSSR count). The lowest BCUT2D eigenvalue weighted by Crippen LogP contribution is -2.48. The Bertz CT molecular complexity index is 1510.